The van der Waals surface area contributed by atoms with Gasteiger partial charge in [-0.2, -0.15) is 0 Å². The molecule has 3 N–H and O–H groups in total. The number of nitrogens with one attached hydrogen (secondary N) is 1. The summed E-state index contributed by atoms with van der Waals surface area (Å²) in [6.45, 7) is 4.07. The highest BCUT2D eigenvalue weighted by molar-refractivity contribution is 6.42. The number of carbonyl (C=O) groups excluding carboxylic acids is 1. The van der Waals surface area contributed by atoms with Crippen molar-refractivity contribution in [1.82, 2.24) is 0 Å². The van der Waals surface area contributed by atoms with Crippen LogP contribution in [0.2, 0.25) is 15.1 Å². The highest BCUT2D eigenvalue weighted by Gasteiger charge is 2.22. The number of hydrogen-bond donors (Lipinski definition) is 2. The molecular weight excluding hydrogens is 393 g/mol. The molecule has 0 aliphatic carbocycles. The number of amides is 1. The van der Waals surface area contributed by atoms with E-state index in [1.54, 1.807) is 6.07 Å². The van der Waals surface area contributed by atoms with Gasteiger partial charge in [0.2, 0.25) is 0 Å². The van der Waals surface area contributed by atoms with E-state index in [1.807, 2.05) is 12.1 Å². The number of nitrogens with two attached hydrogens (primary N) is 1. The van der Waals surface area contributed by atoms with Crippen molar-refractivity contribution in [2.24, 2.45) is 5.92 Å². The van der Waals surface area contributed by atoms with Crippen LogP contribution in [0.4, 0.5) is 17.1 Å². The van der Waals surface area contributed by atoms with E-state index >= 15 is 0 Å². The third kappa shape index (κ3) is 4.20. The molecule has 2 aromatic carbocycles. The Bertz CT molecular complexity index is 810. The zero-order valence-corrected chi connectivity index (χ0v) is 16.6. The Labute approximate surface area is 168 Å². The van der Waals surface area contributed by atoms with Crippen LogP contribution in [-0.2, 0) is 0 Å². The molecule has 0 aromatic heterocycles. The van der Waals surface area contributed by atoms with E-state index in [-0.39, 0.29) is 16.0 Å². The zero-order valence-electron chi connectivity index (χ0n) is 14.4. The molecule has 0 atom stereocenters. The van der Waals surface area contributed by atoms with Crippen LogP contribution >= 0.6 is 34.8 Å². The lowest BCUT2D eigenvalue weighted by atomic mass is 9.98. The van der Waals surface area contributed by atoms with Gasteiger partial charge in [0, 0.05) is 29.5 Å². The summed E-state index contributed by atoms with van der Waals surface area (Å²) in [7, 11) is 0. The van der Waals surface area contributed by atoms with Crippen LogP contribution in [0.15, 0.2) is 30.3 Å². The lowest BCUT2D eigenvalue weighted by Gasteiger charge is -2.33. The topological polar surface area (TPSA) is 58.4 Å². The molecule has 26 heavy (non-hydrogen) atoms. The Morgan fingerprint density at radius 1 is 1.12 bits per heavy atom. The van der Waals surface area contributed by atoms with E-state index in [2.05, 4.69) is 17.1 Å². The van der Waals surface area contributed by atoms with Gasteiger partial charge in [-0.25, -0.2) is 0 Å². The predicted octanol–water partition coefficient (Wildman–Crippen LogP) is 5.72. The summed E-state index contributed by atoms with van der Waals surface area (Å²) in [6, 6.07) is 8.46. The van der Waals surface area contributed by atoms with Crippen molar-refractivity contribution in [3.63, 3.8) is 0 Å². The van der Waals surface area contributed by atoms with Crippen molar-refractivity contribution < 1.29 is 4.79 Å². The van der Waals surface area contributed by atoms with Crippen LogP contribution in [0, 0.1) is 5.92 Å². The molecule has 1 fully saturated rings. The Kier molecular flexibility index (Phi) is 5.86. The minimum absolute atomic E-state index is 0.285. The quantitative estimate of drug-likeness (QED) is 0.634. The molecule has 0 bridgehead atoms. The number of anilines is 3. The van der Waals surface area contributed by atoms with Crippen molar-refractivity contribution >= 4 is 57.8 Å². The fraction of sp³-hybridized carbons (Fsp3) is 0.316. The number of nitrogen functional groups attached to an aromatic ring is 1. The predicted molar refractivity (Wildman–Crippen MR) is 111 cm³/mol. The molecule has 3 rings (SSSR count). The summed E-state index contributed by atoms with van der Waals surface area (Å²) < 4.78 is 0. The molecule has 0 unspecified atom stereocenters. The third-order valence-electron chi connectivity index (χ3n) is 4.63. The smallest absolute Gasteiger partial charge is 0.257 e. The molecule has 1 heterocycles. The van der Waals surface area contributed by atoms with Crippen molar-refractivity contribution in [3.05, 3.63) is 51.0 Å². The maximum absolute atomic E-state index is 12.9. The number of piperidine rings is 1. The molecule has 138 valence electrons. The Balaban J connectivity index is 1.91. The molecule has 4 nitrogen and oxygen atoms in total. The van der Waals surface area contributed by atoms with Gasteiger partial charge >= 0.3 is 0 Å². The first-order valence-corrected chi connectivity index (χ1v) is 9.59. The third-order valence-corrected chi connectivity index (χ3v) is 5.45. The summed E-state index contributed by atoms with van der Waals surface area (Å²) in [5.41, 5.74) is 8.15. The van der Waals surface area contributed by atoms with Crippen LogP contribution in [0.25, 0.3) is 0 Å². The first kappa shape index (κ1) is 19.2. The molecular formula is C19H20Cl3N3O. The van der Waals surface area contributed by atoms with Crippen LogP contribution in [-0.4, -0.2) is 19.0 Å². The summed E-state index contributed by atoms with van der Waals surface area (Å²) in [5, 5.41) is 3.77. The van der Waals surface area contributed by atoms with Gasteiger partial charge in [0.15, 0.2) is 0 Å². The number of benzene rings is 2. The number of rotatable bonds is 3. The van der Waals surface area contributed by atoms with Crippen LogP contribution in [0.1, 0.15) is 30.1 Å². The molecule has 1 amide bonds. The van der Waals surface area contributed by atoms with E-state index in [0.717, 1.165) is 31.6 Å². The molecule has 7 heteroatoms. The molecule has 1 aliphatic heterocycles. The molecule has 1 saturated heterocycles. The Morgan fingerprint density at radius 3 is 2.35 bits per heavy atom. The second-order valence-corrected chi connectivity index (χ2v) is 7.90. The SMILES string of the molecule is CC1CCN(c2ccc(N)cc2C(=O)Nc2c(Cl)cc(Cl)cc2Cl)CC1. The minimum atomic E-state index is -0.308. The summed E-state index contributed by atoms with van der Waals surface area (Å²) in [6.07, 6.45) is 2.19. The summed E-state index contributed by atoms with van der Waals surface area (Å²) in [5.74, 6) is 0.390. The average molecular weight is 413 g/mol. The fourth-order valence-corrected chi connectivity index (χ4v) is 4.01. The highest BCUT2D eigenvalue weighted by atomic mass is 35.5. The standard InChI is InChI=1S/C19H20Cl3N3O/c1-11-4-6-25(7-5-11)17-3-2-13(23)10-14(17)19(26)24-18-15(21)8-12(20)9-16(18)22/h2-3,8-11H,4-7,23H2,1H3,(H,24,26). The lowest BCUT2D eigenvalue weighted by Crippen LogP contribution is -2.34. The molecule has 0 spiro atoms. The van der Waals surface area contributed by atoms with Gasteiger partial charge in [0.25, 0.3) is 5.91 Å². The number of halogens is 3. The van der Waals surface area contributed by atoms with Crippen molar-refractivity contribution in [3.8, 4) is 0 Å². The summed E-state index contributed by atoms with van der Waals surface area (Å²) >= 11 is 18.3. The van der Waals surface area contributed by atoms with Crippen molar-refractivity contribution in [2.75, 3.05) is 29.0 Å². The van der Waals surface area contributed by atoms with Crippen LogP contribution < -0.4 is 16.0 Å². The normalized spacial score (nSPS) is 15.2. The van der Waals surface area contributed by atoms with Crippen LogP contribution in [0.3, 0.4) is 0 Å². The van der Waals surface area contributed by atoms with Gasteiger partial charge in [0.1, 0.15) is 0 Å². The van der Waals surface area contributed by atoms with E-state index in [9.17, 15) is 4.79 Å². The second-order valence-electron chi connectivity index (χ2n) is 6.64. The monoisotopic (exact) mass is 411 g/mol. The number of hydrogen-bond acceptors (Lipinski definition) is 3. The van der Waals surface area contributed by atoms with Gasteiger partial charge in [0.05, 0.1) is 21.3 Å². The Morgan fingerprint density at radius 2 is 1.73 bits per heavy atom. The van der Waals surface area contributed by atoms with Crippen LogP contribution in [0.5, 0.6) is 0 Å². The number of nitrogens with zero attached hydrogens (tertiary/aromatic N) is 1. The first-order valence-electron chi connectivity index (χ1n) is 8.45. The van der Waals surface area contributed by atoms with E-state index in [1.165, 1.54) is 12.1 Å². The first-order chi connectivity index (χ1) is 12.3. The van der Waals surface area contributed by atoms with Crippen molar-refractivity contribution in [1.29, 1.82) is 0 Å². The number of carbonyl (C=O) groups is 1. The molecule has 0 radical (unpaired) electrons. The van der Waals surface area contributed by atoms with Gasteiger partial charge in [-0.05, 0) is 49.1 Å². The average Bonchev–Trinajstić information content (AvgIpc) is 2.58. The summed E-state index contributed by atoms with van der Waals surface area (Å²) in [4.78, 5) is 15.2. The maximum Gasteiger partial charge on any atom is 0.257 e. The second kappa shape index (κ2) is 7.95. The van der Waals surface area contributed by atoms with Gasteiger partial charge in [-0.1, -0.05) is 41.7 Å². The highest BCUT2D eigenvalue weighted by Crippen LogP contribution is 2.35. The van der Waals surface area contributed by atoms with Gasteiger partial charge in [-0.15, -0.1) is 0 Å². The zero-order chi connectivity index (χ0) is 18.8. The Hall–Kier alpha value is -1.62. The van der Waals surface area contributed by atoms with Gasteiger partial charge < -0.3 is 16.0 Å². The molecule has 0 saturated carbocycles. The molecule has 1 aliphatic rings. The van der Waals surface area contributed by atoms with E-state index in [4.69, 9.17) is 40.5 Å². The fourth-order valence-electron chi connectivity index (χ4n) is 3.10. The minimum Gasteiger partial charge on any atom is -0.399 e. The lowest BCUT2D eigenvalue weighted by molar-refractivity contribution is 0.102. The maximum atomic E-state index is 12.9. The molecule has 2 aromatic rings. The van der Waals surface area contributed by atoms with E-state index in [0.29, 0.717) is 27.9 Å². The van der Waals surface area contributed by atoms with E-state index < -0.39 is 0 Å². The largest absolute Gasteiger partial charge is 0.399 e. The van der Waals surface area contributed by atoms with Gasteiger partial charge in [-0.3, -0.25) is 4.79 Å². The van der Waals surface area contributed by atoms with Crippen molar-refractivity contribution in [2.45, 2.75) is 19.8 Å².